The van der Waals surface area contributed by atoms with Crippen molar-refractivity contribution in [3.63, 3.8) is 0 Å². The lowest BCUT2D eigenvalue weighted by Crippen LogP contribution is -1.90. The summed E-state index contributed by atoms with van der Waals surface area (Å²) in [6.07, 6.45) is 2.14. The van der Waals surface area contributed by atoms with Gasteiger partial charge in [-0.3, -0.25) is 0 Å². The minimum Gasteiger partial charge on any atom is -0.129 e. The summed E-state index contributed by atoms with van der Waals surface area (Å²) in [5.74, 6) is 0.589. The Morgan fingerprint density at radius 2 is 1.60 bits per heavy atom. The van der Waals surface area contributed by atoms with E-state index in [2.05, 4.69) is 56.5 Å². The van der Waals surface area contributed by atoms with E-state index in [1.165, 1.54) is 21.2 Å². The van der Waals surface area contributed by atoms with E-state index in [4.69, 9.17) is 0 Å². The average molecular weight is 216 g/mol. The number of fused-ring (bicyclic) bond motifs is 1. The van der Waals surface area contributed by atoms with Crippen molar-refractivity contribution in [2.75, 3.05) is 6.26 Å². The summed E-state index contributed by atoms with van der Waals surface area (Å²) in [4.78, 5) is 1.37. The van der Waals surface area contributed by atoms with Crippen LogP contribution >= 0.6 is 11.8 Å². The first-order valence-electron chi connectivity index (χ1n) is 5.29. The Bertz CT molecular complexity index is 472. The summed E-state index contributed by atoms with van der Waals surface area (Å²) in [5.41, 5.74) is 1.45. The van der Waals surface area contributed by atoms with Gasteiger partial charge < -0.3 is 0 Å². The molecule has 2 aromatic carbocycles. The highest BCUT2D eigenvalue weighted by atomic mass is 32.2. The van der Waals surface area contributed by atoms with E-state index in [0.717, 1.165) is 0 Å². The Morgan fingerprint density at radius 3 is 2.20 bits per heavy atom. The zero-order valence-corrected chi connectivity index (χ0v) is 10.3. The first kappa shape index (κ1) is 10.6. The summed E-state index contributed by atoms with van der Waals surface area (Å²) in [6, 6.07) is 13.2. The van der Waals surface area contributed by atoms with Gasteiger partial charge in [0.1, 0.15) is 0 Å². The Balaban J connectivity index is 2.77. The Labute approximate surface area is 95.7 Å². The van der Waals surface area contributed by atoms with Gasteiger partial charge >= 0.3 is 0 Å². The first-order valence-corrected chi connectivity index (χ1v) is 6.52. The lowest BCUT2D eigenvalue weighted by atomic mass is 9.96. The minimum absolute atomic E-state index is 0.589. The first-order chi connectivity index (χ1) is 7.24. The SMILES string of the molecule is CSc1ccc(C(C)C)c2ccccc12. The van der Waals surface area contributed by atoms with Crippen molar-refractivity contribution < 1.29 is 0 Å². The minimum atomic E-state index is 0.589. The zero-order chi connectivity index (χ0) is 10.8. The van der Waals surface area contributed by atoms with Crippen molar-refractivity contribution in [2.45, 2.75) is 24.7 Å². The summed E-state index contributed by atoms with van der Waals surface area (Å²) in [5, 5.41) is 2.79. The van der Waals surface area contributed by atoms with Gasteiger partial charge in [0.15, 0.2) is 0 Å². The van der Waals surface area contributed by atoms with Gasteiger partial charge in [0.25, 0.3) is 0 Å². The molecular formula is C14H16S. The molecule has 78 valence electrons. The second-order valence-corrected chi connectivity index (χ2v) is 4.91. The van der Waals surface area contributed by atoms with E-state index in [1.807, 2.05) is 11.8 Å². The Morgan fingerprint density at radius 1 is 0.933 bits per heavy atom. The zero-order valence-electron chi connectivity index (χ0n) is 9.45. The number of rotatable bonds is 2. The van der Waals surface area contributed by atoms with Crippen LogP contribution in [-0.2, 0) is 0 Å². The molecule has 0 saturated carbocycles. The molecule has 2 aromatic rings. The fourth-order valence-corrected chi connectivity index (χ4v) is 2.58. The number of thioether (sulfide) groups is 1. The standard InChI is InChI=1S/C14H16S/c1-10(2)11-8-9-14(15-3)13-7-5-4-6-12(11)13/h4-10H,1-3H3. The van der Waals surface area contributed by atoms with E-state index in [-0.39, 0.29) is 0 Å². The molecular weight excluding hydrogens is 200 g/mol. The van der Waals surface area contributed by atoms with Gasteiger partial charge in [-0.2, -0.15) is 0 Å². The third kappa shape index (κ3) is 1.89. The molecule has 0 radical (unpaired) electrons. The molecule has 0 nitrogen and oxygen atoms in total. The van der Waals surface area contributed by atoms with E-state index in [9.17, 15) is 0 Å². The maximum atomic E-state index is 2.26. The normalized spacial score (nSPS) is 11.2. The average Bonchev–Trinajstić information content (AvgIpc) is 2.27. The molecule has 0 N–H and O–H groups in total. The molecule has 0 aliphatic carbocycles. The molecule has 0 heterocycles. The van der Waals surface area contributed by atoms with Gasteiger partial charge in [0, 0.05) is 4.90 Å². The van der Waals surface area contributed by atoms with Crippen LogP contribution in [0, 0.1) is 0 Å². The maximum Gasteiger partial charge on any atom is 0.0148 e. The lowest BCUT2D eigenvalue weighted by Gasteiger charge is -2.12. The van der Waals surface area contributed by atoms with Crippen LogP contribution in [0.2, 0.25) is 0 Å². The third-order valence-corrected chi connectivity index (χ3v) is 3.56. The van der Waals surface area contributed by atoms with Crippen LogP contribution < -0.4 is 0 Å². The van der Waals surface area contributed by atoms with Crippen LogP contribution in [0.5, 0.6) is 0 Å². The number of benzene rings is 2. The van der Waals surface area contributed by atoms with Crippen LogP contribution in [-0.4, -0.2) is 6.26 Å². The quantitative estimate of drug-likeness (QED) is 0.656. The molecule has 0 aromatic heterocycles. The molecule has 0 aliphatic heterocycles. The van der Waals surface area contributed by atoms with Crippen molar-refractivity contribution >= 4 is 22.5 Å². The molecule has 1 heteroatoms. The summed E-state index contributed by atoms with van der Waals surface area (Å²) >= 11 is 1.82. The lowest BCUT2D eigenvalue weighted by molar-refractivity contribution is 0.875. The predicted octanol–water partition coefficient (Wildman–Crippen LogP) is 4.69. The molecule has 0 fully saturated rings. The highest BCUT2D eigenvalue weighted by Gasteiger charge is 2.07. The van der Waals surface area contributed by atoms with Crippen molar-refractivity contribution in [1.29, 1.82) is 0 Å². The molecule has 2 rings (SSSR count). The monoisotopic (exact) mass is 216 g/mol. The van der Waals surface area contributed by atoms with Gasteiger partial charge in [-0.1, -0.05) is 44.2 Å². The molecule has 0 atom stereocenters. The predicted molar refractivity (Wildman–Crippen MR) is 69.8 cm³/mol. The molecule has 0 amide bonds. The van der Waals surface area contributed by atoms with Gasteiger partial charge in [-0.05, 0) is 34.6 Å². The fourth-order valence-electron chi connectivity index (χ4n) is 1.98. The van der Waals surface area contributed by atoms with Crippen molar-refractivity contribution in [3.8, 4) is 0 Å². The van der Waals surface area contributed by atoms with Gasteiger partial charge in [-0.25, -0.2) is 0 Å². The second-order valence-electron chi connectivity index (χ2n) is 4.06. The van der Waals surface area contributed by atoms with E-state index in [1.54, 1.807) is 0 Å². The highest BCUT2D eigenvalue weighted by molar-refractivity contribution is 7.98. The summed E-state index contributed by atoms with van der Waals surface area (Å²) in [7, 11) is 0. The molecule has 0 aliphatic rings. The van der Waals surface area contributed by atoms with E-state index < -0.39 is 0 Å². The maximum absolute atomic E-state index is 2.26. The molecule has 0 unspecified atom stereocenters. The number of hydrogen-bond donors (Lipinski definition) is 0. The van der Waals surface area contributed by atoms with Crippen LogP contribution in [0.3, 0.4) is 0 Å². The second kappa shape index (κ2) is 4.28. The highest BCUT2D eigenvalue weighted by Crippen LogP contribution is 2.31. The fraction of sp³-hybridized carbons (Fsp3) is 0.286. The Hall–Kier alpha value is -0.950. The van der Waals surface area contributed by atoms with Crippen molar-refractivity contribution in [2.24, 2.45) is 0 Å². The topological polar surface area (TPSA) is 0 Å². The molecule has 0 saturated heterocycles. The van der Waals surface area contributed by atoms with Gasteiger partial charge in [0.05, 0.1) is 0 Å². The van der Waals surface area contributed by atoms with Crippen LogP contribution in [0.1, 0.15) is 25.3 Å². The summed E-state index contributed by atoms with van der Waals surface area (Å²) < 4.78 is 0. The van der Waals surface area contributed by atoms with Crippen LogP contribution in [0.4, 0.5) is 0 Å². The Kier molecular flexibility index (Phi) is 3.01. The molecule has 0 spiro atoms. The van der Waals surface area contributed by atoms with Crippen LogP contribution in [0.25, 0.3) is 10.8 Å². The molecule has 15 heavy (non-hydrogen) atoms. The van der Waals surface area contributed by atoms with Crippen molar-refractivity contribution in [1.82, 2.24) is 0 Å². The van der Waals surface area contributed by atoms with Crippen molar-refractivity contribution in [3.05, 3.63) is 42.0 Å². The van der Waals surface area contributed by atoms with Gasteiger partial charge in [-0.15, -0.1) is 11.8 Å². The van der Waals surface area contributed by atoms with Gasteiger partial charge in [0.2, 0.25) is 0 Å². The largest absolute Gasteiger partial charge is 0.129 e. The van der Waals surface area contributed by atoms with Crippen LogP contribution in [0.15, 0.2) is 41.3 Å². The third-order valence-electron chi connectivity index (χ3n) is 2.76. The van der Waals surface area contributed by atoms with E-state index in [0.29, 0.717) is 5.92 Å². The smallest absolute Gasteiger partial charge is 0.0148 e. The molecule has 0 bridgehead atoms. The summed E-state index contributed by atoms with van der Waals surface area (Å²) in [6.45, 7) is 4.50. The van der Waals surface area contributed by atoms with E-state index >= 15 is 0 Å². The number of hydrogen-bond acceptors (Lipinski definition) is 1.